The van der Waals surface area contributed by atoms with Crippen LogP contribution in [0.15, 0.2) is 29.4 Å². The molecule has 7 nitrogen and oxygen atoms in total. The molecule has 2 aromatic rings. The van der Waals surface area contributed by atoms with Crippen molar-refractivity contribution in [2.24, 2.45) is 0 Å². The van der Waals surface area contributed by atoms with Gasteiger partial charge in [0.05, 0.1) is 22.3 Å². The van der Waals surface area contributed by atoms with E-state index in [0.29, 0.717) is 42.5 Å². The second-order valence-electron chi connectivity index (χ2n) is 7.85. The van der Waals surface area contributed by atoms with Gasteiger partial charge < -0.3 is 9.88 Å². The first-order valence-electron chi connectivity index (χ1n) is 10.3. The molecule has 1 aliphatic carbocycles. The molecule has 0 spiro atoms. The molecule has 0 atom stereocenters. The molecular formula is C20H28N4O3S. The fraction of sp³-hybridized carbons (Fsp3) is 0.600. The first-order valence-corrected chi connectivity index (χ1v) is 11.7. The Morgan fingerprint density at radius 2 is 1.86 bits per heavy atom. The SMILES string of the molecule is O=C(CCn1cnc2cc(S(=O)(=O)N3CCCC3)ccc21)NC1CCCCC1. The topological polar surface area (TPSA) is 84.3 Å². The molecule has 4 rings (SSSR count). The van der Waals surface area contributed by atoms with E-state index in [4.69, 9.17) is 0 Å². The van der Waals surface area contributed by atoms with Gasteiger partial charge in [0.25, 0.3) is 0 Å². The van der Waals surface area contributed by atoms with Gasteiger partial charge in [-0.2, -0.15) is 4.31 Å². The van der Waals surface area contributed by atoms with Crippen molar-refractivity contribution >= 4 is 27.0 Å². The first-order chi connectivity index (χ1) is 13.5. The summed E-state index contributed by atoms with van der Waals surface area (Å²) in [5.74, 6) is 0.0713. The lowest BCUT2D eigenvalue weighted by molar-refractivity contribution is -0.122. The molecule has 2 fully saturated rings. The van der Waals surface area contributed by atoms with Crippen LogP contribution in [0.2, 0.25) is 0 Å². The molecule has 1 aromatic carbocycles. The molecule has 2 heterocycles. The van der Waals surface area contributed by atoms with Crippen LogP contribution < -0.4 is 5.32 Å². The van der Waals surface area contributed by atoms with Crippen molar-refractivity contribution in [3.05, 3.63) is 24.5 Å². The molecule has 152 valence electrons. The second-order valence-corrected chi connectivity index (χ2v) is 9.79. The Morgan fingerprint density at radius 1 is 1.11 bits per heavy atom. The number of nitrogens with one attached hydrogen (secondary N) is 1. The highest BCUT2D eigenvalue weighted by molar-refractivity contribution is 7.89. The fourth-order valence-corrected chi connectivity index (χ4v) is 5.77. The van der Waals surface area contributed by atoms with Gasteiger partial charge in [0, 0.05) is 32.1 Å². The monoisotopic (exact) mass is 404 g/mol. The number of hydrogen-bond acceptors (Lipinski definition) is 4. The minimum Gasteiger partial charge on any atom is -0.353 e. The molecule has 8 heteroatoms. The summed E-state index contributed by atoms with van der Waals surface area (Å²) < 4.78 is 28.9. The predicted octanol–water partition coefficient (Wildman–Crippen LogP) is 2.66. The van der Waals surface area contributed by atoms with Crippen molar-refractivity contribution in [3.8, 4) is 0 Å². The number of rotatable bonds is 6. The van der Waals surface area contributed by atoms with E-state index in [2.05, 4.69) is 10.3 Å². The summed E-state index contributed by atoms with van der Waals surface area (Å²) in [5, 5.41) is 3.13. The van der Waals surface area contributed by atoms with Crippen LogP contribution >= 0.6 is 0 Å². The van der Waals surface area contributed by atoms with Gasteiger partial charge >= 0.3 is 0 Å². The van der Waals surface area contributed by atoms with Crippen LogP contribution in [0.25, 0.3) is 11.0 Å². The number of hydrogen-bond donors (Lipinski definition) is 1. The van der Waals surface area contributed by atoms with Gasteiger partial charge in [-0.15, -0.1) is 0 Å². The van der Waals surface area contributed by atoms with Crippen LogP contribution in [0.4, 0.5) is 0 Å². The summed E-state index contributed by atoms with van der Waals surface area (Å²) in [6.07, 6.45) is 9.73. The van der Waals surface area contributed by atoms with Gasteiger partial charge in [-0.3, -0.25) is 4.79 Å². The van der Waals surface area contributed by atoms with Crippen molar-refractivity contribution in [1.82, 2.24) is 19.2 Å². The Kier molecular flexibility index (Phi) is 5.68. The van der Waals surface area contributed by atoms with Crippen molar-refractivity contribution < 1.29 is 13.2 Å². The quantitative estimate of drug-likeness (QED) is 0.802. The number of fused-ring (bicyclic) bond motifs is 1. The number of nitrogens with zero attached hydrogens (tertiary/aromatic N) is 3. The van der Waals surface area contributed by atoms with Crippen LogP contribution in [-0.2, 0) is 21.4 Å². The normalized spacial score (nSPS) is 19.3. The highest BCUT2D eigenvalue weighted by Crippen LogP contribution is 2.24. The van der Waals surface area contributed by atoms with Gasteiger partial charge in [-0.1, -0.05) is 19.3 Å². The second kappa shape index (κ2) is 8.21. The highest BCUT2D eigenvalue weighted by Gasteiger charge is 2.27. The maximum atomic E-state index is 12.7. The molecule has 1 aliphatic heterocycles. The van der Waals surface area contributed by atoms with Crippen LogP contribution in [0.1, 0.15) is 51.4 Å². The minimum absolute atomic E-state index is 0.0713. The smallest absolute Gasteiger partial charge is 0.243 e. The van der Waals surface area contributed by atoms with Crippen LogP contribution in [0.5, 0.6) is 0 Å². The third-order valence-corrected chi connectivity index (χ3v) is 7.74. The molecule has 0 bridgehead atoms. The zero-order valence-corrected chi connectivity index (χ0v) is 17.0. The van der Waals surface area contributed by atoms with Gasteiger partial charge in [-0.25, -0.2) is 13.4 Å². The minimum atomic E-state index is -3.44. The van der Waals surface area contributed by atoms with E-state index in [-0.39, 0.29) is 5.91 Å². The number of aryl methyl sites for hydroxylation is 1. The van der Waals surface area contributed by atoms with Crippen molar-refractivity contribution in [1.29, 1.82) is 0 Å². The molecule has 1 amide bonds. The van der Waals surface area contributed by atoms with Gasteiger partial charge in [0.1, 0.15) is 0 Å². The molecular weight excluding hydrogens is 376 g/mol. The first kappa shape index (κ1) is 19.4. The Balaban J connectivity index is 1.42. The van der Waals surface area contributed by atoms with E-state index in [0.717, 1.165) is 31.2 Å². The number of imidazole rings is 1. The van der Waals surface area contributed by atoms with Crippen molar-refractivity contribution in [2.45, 2.75) is 68.8 Å². The van der Waals surface area contributed by atoms with E-state index in [9.17, 15) is 13.2 Å². The molecule has 1 saturated heterocycles. The van der Waals surface area contributed by atoms with E-state index in [1.807, 2.05) is 4.57 Å². The number of carbonyl (C=O) groups is 1. The van der Waals surface area contributed by atoms with E-state index in [1.165, 1.54) is 19.3 Å². The van der Waals surface area contributed by atoms with Crippen LogP contribution in [0.3, 0.4) is 0 Å². The van der Waals surface area contributed by atoms with Crippen molar-refractivity contribution in [2.75, 3.05) is 13.1 Å². The van der Waals surface area contributed by atoms with Crippen molar-refractivity contribution in [3.63, 3.8) is 0 Å². The Labute approximate surface area is 166 Å². The molecule has 1 N–H and O–H groups in total. The van der Waals surface area contributed by atoms with E-state index < -0.39 is 10.0 Å². The molecule has 28 heavy (non-hydrogen) atoms. The largest absolute Gasteiger partial charge is 0.353 e. The zero-order chi connectivity index (χ0) is 19.6. The van der Waals surface area contributed by atoms with Gasteiger partial charge in [0.15, 0.2) is 0 Å². The van der Waals surface area contributed by atoms with Crippen LogP contribution in [0, 0.1) is 0 Å². The molecule has 0 unspecified atom stereocenters. The number of aromatic nitrogens is 2. The van der Waals surface area contributed by atoms with Crippen LogP contribution in [-0.4, -0.2) is 47.3 Å². The van der Waals surface area contributed by atoms with E-state index >= 15 is 0 Å². The Bertz CT molecular complexity index is 942. The lowest BCUT2D eigenvalue weighted by Gasteiger charge is -2.22. The Morgan fingerprint density at radius 3 is 2.61 bits per heavy atom. The van der Waals surface area contributed by atoms with Gasteiger partial charge in [0.2, 0.25) is 15.9 Å². The molecule has 1 aromatic heterocycles. The summed E-state index contributed by atoms with van der Waals surface area (Å²) in [5.41, 5.74) is 1.50. The number of carbonyl (C=O) groups excluding carboxylic acids is 1. The maximum absolute atomic E-state index is 12.7. The third kappa shape index (κ3) is 4.07. The summed E-state index contributed by atoms with van der Waals surface area (Å²) in [6.45, 7) is 1.71. The third-order valence-electron chi connectivity index (χ3n) is 5.85. The number of benzene rings is 1. The molecule has 2 aliphatic rings. The zero-order valence-electron chi connectivity index (χ0n) is 16.1. The lowest BCUT2D eigenvalue weighted by Crippen LogP contribution is -2.36. The standard InChI is InChI=1S/C20H28N4O3S/c25-20(22-16-6-2-1-3-7-16)10-13-23-15-21-18-14-17(8-9-19(18)23)28(26,27)24-11-4-5-12-24/h8-9,14-16H,1-7,10-13H2,(H,22,25). The van der Waals surface area contributed by atoms with E-state index in [1.54, 1.807) is 28.8 Å². The summed E-state index contributed by atoms with van der Waals surface area (Å²) in [4.78, 5) is 16.9. The highest BCUT2D eigenvalue weighted by atomic mass is 32.2. The average molecular weight is 405 g/mol. The predicted molar refractivity (Wildman–Crippen MR) is 107 cm³/mol. The van der Waals surface area contributed by atoms with Gasteiger partial charge in [-0.05, 0) is 43.9 Å². The average Bonchev–Trinajstić information content (AvgIpc) is 3.37. The fourth-order valence-electron chi connectivity index (χ4n) is 4.23. The Hall–Kier alpha value is -1.93. The maximum Gasteiger partial charge on any atom is 0.243 e. The molecule has 0 radical (unpaired) electrons. The summed E-state index contributed by atoms with van der Waals surface area (Å²) in [6, 6.07) is 5.40. The summed E-state index contributed by atoms with van der Waals surface area (Å²) in [7, 11) is -3.44. The summed E-state index contributed by atoms with van der Waals surface area (Å²) >= 11 is 0. The number of amides is 1. The number of sulfonamides is 1. The molecule has 1 saturated carbocycles. The lowest BCUT2D eigenvalue weighted by atomic mass is 9.95.